The summed E-state index contributed by atoms with van der Waals surface area (Å²) in [6.07, 6.45) is 1.67. The van der Waals surface area contributed by atoms with Crippen LogP contribution in [0.25, 0.3) is 0 Å². The Kier molecular flexibility index (Phi) is 4.20. The van der Waals surface area contributed by atoms with Gasteiger partial charge in [-0.3, -0.25) is 5.43 Å². The number of hydrazone groups is 1. The van der Waals surface area contributed by atoms with E-state index in [-0.39, 0.29) is 6.79 Å². The molecule has 0 radical (unpaired) electrons. The third kappa shape index (κ3) is 3.53. The van der Waals surface area contributed by atoms with Gasteiger partial charge < -0.3 is 14.8 Å². The van der Waals surface area contributed by atoms with E-state index in [2.05, 4.69) is 15.8 Å². The van der Waals surface area contributed by atoms with E-state index < -0.39 is 0 Å². The highest BCUT2D eigenvalue weighted by atomic mass is 32.1. The number of nitrogens with one attached hydrogen (secondary N) is 2. The van der Waals surface area contributed by atoms with Crippen LogP contribution in [0.3, 0.4) is 0 Å². The number of ether oxygens (including phenoxy) is 2. The highest BCUT2D eigenvalue weighted by Gasteiger charge is 2.12. The Labute approximate surface area is 133 Å². The van der Waals surface area contributed by atoms with Gasteiger partial charge in [0.15, 0.2) is 16.6 Å². The fourth-order valence-corrected chi connectivity index (χ4v) is 2.13. The predicted molar refractivity (Wildman–Crippen MR) is 90.7 cm³/mol. The number of anilines is 1. The maximum Gasteiger partial charge on any atom is 0.231 e. The first kappa shape index (κ1) is 14.3. The molecule has 0 saturated heterocycles. The highest BCUT2D eigenvalue weighted by molar-refractivity contribution is 7.80. The number of hydrogen-bond donors (Lipinski definition) is 2. The standard InChI is InChI=1S/C16H15N3O2S/c1-11-2-5-13(6-3-11)18-16(22)19-17-9-12-4-7-14-15(8-12)21-10-20-14/h2-9H,10H2,1H3,(H2,18,19,22)/b17-9+. The molecule has 3 rings (SSSR count). The van der Waals surface area contributed by atoms with Gasteiger partial charge in [-0.2, -0.15) is 5.10 Å². The molecular formula is C16H15N3O2S. The molecule has 0 amide bonds. The Balaban J connectivity index is 1.55. The van der Waals surface area contributed by atoms with E-state index in [0.29, 0.717) is 5.11 Å². The number of benzene rings is 2. The summed E-state index contributed by atoms with van der Waals surface area (Å²) >= 11 is 5.18. The van der Waals surface area contributed by atoms with Crippen LogP contribution in [-0.4, -0.2) is 18.1 Å². The first-order valence-electron chi connectivity index (χ1n) is 6.77. The number of thiocarbonyl (C=S) groups is 1. The van der Waals surface area contributed by atoms with Gasteiger partial charge in [0, 0.05) is 5.69 Å². The van der Waals surface area contributed by atoms with E-state index in [0.717, 1.165) is 22.7 Å². The van der Waals surface area contributed by atoms with E-state index in [1.165, 1.54) is 5.56 Å². The van der Waals surface area contributed by atoms with Crippen molar-refractivity contribution in [3.63, 3.8) is 0 Å². The van der Waals surface area contributed by atoms with Gasteiger partial charge in [-0.05, 0) is 55.0 Å². The van der Waals surface area contributed by atoms with Crippen LogP contribution in [0.5, 0.6) is 11.5 Å². The molecule has 112 valence electrons. The summed E-state index contributed by atoms with van der Waals surface area (Å²) in [7, 11) is 0. The summed E-state index contributed by atoms with van der Waals surface area (Å²) < 4.78 is 10.6. The Bertz CT molecular complexity index is 714. The monoisotopic (exact) mass is 313 g/mol. The normalized spacial score (nSPS) is 12.4. The minimum atomic E-state index is 0.263. The van der Waals surface area contributed by atoms with Crippen molar-refractivity contribution in [1.29, 1.82) is 0 Å². The summed E-state index contributed by atoms with van der Waals surface area (Å²) in [6, 6.07) is 13.6. The maximum atomic E-state index is 5.31. The third-order valence-electron chi connectivity index (χ3n) is 3.09. The molecule has 6 heteroatoms. The van der Waals surface area contributed by atoms with Crippen LogP contribution < -0.4 is 20.2 Å². The second-order valence-electron chi connectivity index (χ2n) is 4.80. The SMILES string of the molecule is Cc1ccc(NC(=S)N/N=C/c2ccc3c(c2)OCO3)cc1. The molecule has 1 heterocycles. The molecule has 2 aromatic rings. The number of aryl methyl sites for hydroxylation is 1. The summed E-state index contributed by atoms with van der Waals surface area (Å²) in [5.41, 5.74) is 5.79. The highest BCUT2D eigenvalue weighted by Crippen LogP contribution is 2.31. The molecule has 0 aromatic heterocycles. The predicted octanol–water partition coefficient (Wildman–Crippen LogP) is 3.04. The van der Waals surface area contributed by atoms with Gasteiger partial charge in [-0.25, -0.2) is 0 Å². The van der Waals surface area contributed by atoms with Crippen molar-refractivity contribution in [1.82, 2.24) is 5.43 Å². The minimum absolute atomic E-state index is 0.263. The molecular weight excluding hydrogens is 298 g/mol. The van der Waals surface area contributed by atoms with Gasteiger partial charge in [-0.1, -0.05) is 17.7 Å². The quantitative estimate of drug-likeness (QED) is 0.518. The van der Waals surface area contributed by atoms with Crippen molar-refractivity contribution in [3.8, 4) is 11.5 Å². The topological polar surface area (TPSA) is 54.9 Å². The number of hydrogen-bond acceptors (Lipinski definition) is 4. The lowest BCUT2D eigenvalue weighted by Crippen LogP contribution is -2.23. The molecule has 0 saturated carbocycles. The van der Waals surface area contributed by atoms with Crippen LogP contribution >= 0.6 is 12.2 Å². The lowest BCUT2D eigenvalue weighted by atomic mass is 10.2. The second-order valence-corrected chi connectivity index (χ2v) is 5.21. The molecule has 1 aliphatic heterocycles. The molecule has 1 aliphatic rings. The average Bonchev–Trinajstić information content (AvgIpc) is 2.97. The van der Waals surface area contributed by atoms with Crippen LogP contribution in [-0.2, 0) is 0 Å². The molecule has 0 unspecified atom stereocenters. The van der Waals surface area contributed by atoms with Gasteiger partial charge >= 0.3 is 0 Å². The molecule has 2 aromatic carbocycles. The second kappa shape index (κ2) is 6.44. The average molecular weight is 313 g/mol. The zero-order valence-electron chi connectivity index (χ0n) is 12.0. The summed E-state index contributed by atoms with van der Waals surface area (Å²) in [6.45, 7) is 2.30. The van der Waals surface area contributed by atoms with E-state index in [9.17, 15) is 0 Å². The van der Waals surface area contributed by atoms with Gasteiger partial charge in [-0.15, -0.1) is 0 Å². The van der Waals surface area contributed by atoms with Crippen molar-refractivity contribution in [3.05, 3.63) is 53.6 Å². The smallest absolute Gasteiger partial charge is 0.231 e. The minimum Gasteiger partial charge on any atom is -0.454 e. The molecule has 0 atom stereocenters. The number of nitrogens with zero attached hydrogens (tertiary/aromatic N) is 1. The van der Waals surface area contributed by atoms with E-state index in [4.69, 9.17) is 21.7 Å². The Morgan fingerprint density at radius 3 is 2.73 bits per heavy atom. The molecule has 22 heavy (non-hydrogen) atoms. The largest absolute Gasteiger partial charge is 0.454 e. The molecule has 0 bridgehead atoms. The number of rotatable bonds is 3. The molecule has 5 nitrogen and oxygen atoms in total. The molecule has 2 N–H and O–H groups in total. The van der Waals surface area contributed by atoms with Crippen molar-refractivity contribution in [2.45, 2.75) is 6.92 Å². The molecule has 0 fully saturated rings. The van der Waals surface area contributed by atoms with E-state index in [1.807, 2.05) is 49.4 Å². The number of fused-ring (bicyclic) bond motifs is 1. The molecule has 0 aliphatic carbocycles. The lowest BCUT2D eigenvalue weighted by Gasteiger charge is -2.07. The summed E-state index contributed by atoms with van der Waals surface area (Å²) in [4.78, 5) is 0. The van der Waals surface area contributed by atoms with Crippen molar-refractivity contribution < 1.29 is 9.47 Å². The van der Waals surface area contributed by atoms with Gasteiger partial charge in [0.05, 0.1) is 6.21 Å². The van der Waals surface area contributed by atoms with Gasteiger partial charge in [0.1, 0.15) is 0 Å². The third-order valence-corrected chi connectivity index (χ3v) is 3.28. The Hall–Kier alpha value is -2.60. The van der Waals surface area contributed by atoms with Gasteiger partial charge in [0.2, 0.25) is 6.79 Å². The molecule has 0 spiro atoms. The first-order valence-corrected chi connectivity index (χ1v) is 7.18. The maximum absolute atomic E-state index is 5.31. The van der Waals surface area contributed by atoms with Crippen LogP contribution in [0.15, 0.2) is 47.6 Å². The van der Waals surface area contributed by atoms with Crippen LogP contribution in [0.4, 0.5) is 5.69 Å². The van der Waals surface area contributed by atoms with E-state index >= 15 is 0 Å². The fraction of sp³-hybridized carbons (Fsp3) is 0.125. The zero-order valence-corrected chi connectivity index (χ0v) is 12.8. The Morgan fingerprint density at radius 2 is 1.91 bits per heavy atom. The Morgan fingerprint density at radius 1 is 1.14 bits per heavy atom. The van der Waals surface area contributed by atoms with Crippen LogP contribution in [0.2, 0.25) is 0 Å². The lowest BCUT2D eigenvalue weighted by molar-refractivity contribution is 0.174. The van der Waals surface area contributed by atoms with Crippen molar-refractivity contribution >= 4 is 29.2 Å². The fourth-order valence-electron chi connectivity index (χ4n) is 1.95. The van der Waals surface area contributed by atoms with E-state index in [1.54, 1.807) is 6.21 Å². The first-order chi connectivity index (χ1) is 10.7. The zero-order chi connectivity index (χ0) is 15.4. The summed E-state index contributed by atoms with van der Waals surface area (Å²) in [5, 5.41) is 7.60. The van der Waals surface area contributed by atoms with Crippen molar-refractivity contribution in [2.24, 2.45) is 5.10 Å². The van der Waals surface area contributed by atoms with Crippen LogP contribution in [0, 0.1) is 6.92 Å². The van der Waals surface area contributed by atoms with Gasteiger partial charge in [0.25, 0.3) is 0 Å². The summed E-state index contributed by atoms with van der Waals surface area (Å²) in [5.74, 6) is 1.48. The van der Waals surface area contributed by atoms with Crippen molar-refractivity contribution in [2.75, 3.05) is 12.1 Å². The van der Waals surface area contributed by atoms with Crippen LogP contribution in [0.1, 0.15) is 11.1 Å².